The number of hydrogen-bond donors (Lipinski definition) is 2. The van der Waals surface area contributed by atoms with Gasteiger partial charge in [0.25, 0.3) is 0 Å². The second kappa shape index (κ2) is 5.43. The molecule has 1 atom stereocenters. The van der Waals surface area contributed by atoms with Crippen molar-refractivity contribution >= 4 is 5.97 Å². The van der Waals surface area contributed by atoms with Crippen LogP contribution in [0.4, 0.5) is 0 Å². The zero-order valence-corrected chi connectivity index (χ0v) is 10.4. The standard InChI is InChI=1S/C13H14N2O4/c1-2-13(12(16)17,19-11-8-14-9-15-11)18-10-6-4-3-5-7-10/h3-9H,2H2,1H3,(H,14,15)(H,16,17). The zero-order valence-electron chi connectivity index (χ0n) is 10.4. The summed E-state index contributed by atoms with van der Waals surface area (Å²) in [5.41, 5.74) is 0. The summed E-state index contributed by atoms with van der Waals surface area (Å²) in [6.45, 7) is 1.67. The van der Waals surface area contributed by atoms with Crippen LogP contribution < -0.4 is 9.47 Å². The number of carboxylic acid groups (broad SMARTS) is 1. The molecule has 1 heterocycles. The van der Waals surface area contributed by atoms with E-state index in [0.717, 1.165) is 0 Å². The maximum absolute atomic E-state index is 11.5. The van der Waals surface area contributed by atoms with Crippen molar-refractivity contribution in [2.24, 2.45) is 0 Å². The maximum Gasteiger partial charge on any atom is 0.390 e. The predicted molar refractivity (Wildman–Crippen MR) is 66.9 cm³/mol. The molecule has 1 aromatic heterocycles. The smallest absolute Gasteiger partial charge is 0.390 e. The topological polar surface area (TPSA) is 84.4 Å². The van der Waals surface area contributed by atoms with Gasteiger partial charge < -0.3 is 19.6 Å². The van der Waals surface area contributed by atoms with Crippen molar-refractivity contribution in [3.63, 3.8) is 0 Å². The number of para-hydroxylation sites is 1. The molecule has 19 heavy (non-hydrogen) atoms. The SMILES string of the molecule is CCC(Oc1ccccc1)(Oc1cnc[nH]1)C(=O)O. The second-order valence-electron chi connectivity index (χ2n) is 3.84. The molecule has 0 aliphatic carbocycles. The molecule has 0 saturated carbocycles. The summed E-state index contributed by atoms with van der Waals surface area (Å²) in [6.07, 6.45) is 2.93. The summed E-state index contributed by atoms with van der Waals surface area (Å²) in [7, 11) is 0. The Morgan fingerprint density at radius 3 is 2.63 bits per heavy atom. The van der Waals surface area contributed by atoms with Gasteiger partial charge in [-0.25, -0.2) is 9.78 Å². The quantitative estimate of drug-likeness (QED) is 0.778. The van der Waals surface area contributed by atoms with E-state index in [1.165, 1.54) is 12.5 Å². The summed E-state index contributed by atoms with van der Waals surface area (Å²) in [5.74, 6) is -2.33. The fourth-order valence-corrected chi connectivity index (χ4v) is 1.56. The van der Waals surface area contributed by atoms with Crippen LogP contribution in [0, 0.1) is 0 Å². The normalized spacial score (nSPS) is 13.5. The van der Waals surface area contributed by atoms with Gasteiger partial charge in [-0.05, 0) is 12.1 Å². The van der Waals surface area contributed by atoms with Gasteiger partial charge in [0.05, 0.1) is 12.5 Å². The molecule has 1 aromatic carbocycles. The number of H-pyrrole nitrogens is 1. The van der Waals surface area contributed by atoms with Gasteiger partial charge in [-0.2, -0.15) is 0 Å². The van der Waals surface area contributed by atoms with E-state index in [2.05, 4.69) is 9.97 Å². The number of rotatable bonds is 6. The molecule has 2 aromatic rings. The number of imidazole rings is 1. The maximum atomic E-state index is 11.5. The summed E-state index contributed by atoms with van der Waals surface area (Å²) < 4.78 is 10.9. The van der Waals surface area contributed by atoms with Gasteiger partial charge in [-0.1, -0.05) is 25.1 Å². The lowest BCUT2D eigenvalue weighted by molar-refractivity contribution is -0.187. The number of hydrogen-bond acceptors (Lipinski definition) is 4. The third-order valence-corrected chi connectivity index (χ3v) is 2.57. The van der Waals surface area contributed by atoms with Crippen molar-refractivity contribution in [3.8, 4) is 11.6 Å². The van der Waals surface area contributed by atoms with Gasteiger partial charge >= 0.3 is 11.8 Å². The van der Waals surface area contributed by atoms with Crippen molar-refractivity contribution in [2.75, 3.05) is 0 Å². The Bertz CT molecular complexity index is 527. The van der Waals surface area contributed by atoms with Crippen LogP contribution in [-0.4, -0.2) is 26.8 Å². The molecule has 0 amide bonds. The first-order valence-electron chi connectivity index (χ1n) is 5.81. The fraction of sp³-hybridized carbons (Fsp3) is 0.231. The highest BCUT2D eigenvalue weighted by atomic mass is 16.7. The molecule has 0 bridgehead atoms. The van der Waals surface area contributed by atoms with Crippen LogP contribution in [0.15, 0.2) is 42.9 Å². The Labute approximate surface area is 110 Å². The van der Waals surface area contributed by atoms with Crippen molar-refractivity contribution in [1.29, 1.82) is 0 Å². The molecule has 0 aliphatic heterocycles. The second-order valence-corrected chi connectivity index (χ2v) is 3.84. The van der Waals surface area contributed by atoms with Crippen LogP contribution in [0.25, 0.3) is 0 Å². The van der Waals surface area contributed by atoms with Gasteiger partial charge in [0, 0.05) is 6.42 Å². The van der Waals surface area contributed by atoms with E-state index >= 15 is 0 Å². The molecular formula is C13H14N2O4. The molecule has 6 heteroatoms. The van der Waals surface area contributed by atoms with Crippen molar-refractivity contribution in [3.05, 3.63) is 42.9 Å². The molecule has 0 aliphatic rings. The van der Waals surface area contributed by atoms with Crippen molar-refractivity contribution in [1.82, 2.24) is 9.97 Å². The van der Waals surface area contributed by atoms with E-state index in [1.807, 2.05) is 6.07 Å². The third kappa shape index (κ3) is 2.85. The molecule has 2 N–H and O–H groups in total. The Balaban J connectivity index is 2.26. The van der Waals surface area contributed by atoms with Gasteiger partial charge in [0.1, 0.15) is 5.75 Å². The average Bonchev–Trinajstić information content (AvgIpc) is 2.91. The van der Waals surface area contributed by atoms with Crippen molar-refractivity contribution in [2.45, 2.75) is 19.1 Å². The lowest BCUT2D eigenvalue weighted by Crippen LogP contribution is -2.49. The molecule has 0 saturated heterocycles. The summed E-state index contributed by atoms with van der Waals surface area (Å²) in [4.78, 5) is 18.0. The minimum Gasteiger partial charge on any atom is -0.475 e. The van der Waals surface area contributed by atoms with Crippen LogP contribution in [0.1, 0.15) is 13.3 Å². The monoisotopic (exact) mass is 262 g/mol. The lowest BCUT2D eigenvalue weighted by Gasteiger charge is -2.28. The molecule has 100 valence electrons. The van der Waals surface area contributed by atoms with E-state index in [9.17, 15) is 9.90 Å². The number of ether oxygens (including phenoxy) is 2. The number of benzene rings is 1. The van der Waals surface area contributed by atoms with E-state index in [-0.39, 0.29) is 12.3 Å². The van der Waals surface area contributed by atoms with E-state index in [4.69, 9.17) is 9.47 Å². The fourth-order valence-electron chi connectivity index (χ4n) is 1.56. The number of nitrogens with zero attached hydrogens (tertiary/aromatic N) is 1. The van der Waals surface area contributed by atoms with Crippen LogP contribution in [0.2, 0.25) is 0 Å². The Kier molecular flexibility index (Phi) is 3.70. The van der Waals surface area contributed by atoms with Gasteiger partial charge in [-0.3, -0.25) is 0 Å². The minimum atomic E-state index is -1.78. The lowest BCUT2D eigenvalue weighted by atomic mass is 10.2. The first-order valence-corrected chi connectivity index (χ1v) is 5.81. The molecule has 0 spiro atoms. The Morgan fingerprint density at radius 2 is 2.11 bits per heavy atom. The van der Waals surface area contributed by atoms with E-state index in [0.29, 0.717) is 5.75 Å². The summed E-state index contributed by atoms with van der Waals surface area (Å²) >= 11 is 0. The zero-order chi connectivity index (χ0) is 13.7. The largest absolute Gasteiger partial charge is 0.475 e. The number of aliphatic carboxylic acids is 1. The van der Waals surface area contributed by atoms with Crippen LogP contribution in [-0.2, 0) is 4.79 Å². The Hall–Kier alpha value is -2.50. The highest BCUT2D eigenvalue weighted by Gasteiger charge is 2.43. The third-order valence-electron chi connectivity index (χ3n) is 2.57. The highest BCUT2D eigenvalue weighted by Crippen LogP contribution is 2.24. The molecule has 1 unspecified atom stereocenters. The molecule has 0 fully saturated rings. The highest BCUT2D eigenvalue weighted by molar-refractivity contribution is 5.76. The minimum absolute atomic E-state index is 0.135. The van der Waals surface area contributed by atoms with Crippen LogP contribution in [0.5, 0.6) is 11.6 Å². The van der Waals surface area contributed by atoms with Gasteiger partial charge in [0.15, 0.2) is 0 Å². The predicted octanol–water partition coefficient (Wildman–Crippen LogP) is 2.06. The summed E-state index contributed by atoms with van der Waals surface area (Å²) in [6, 6.07) is 8.67. The van der Waals surface area contributed by atoms with E-state index in [1.54, 1.807) is 31.2 Å². The number of nitrogens with one attached hydrogen (secondary N) is 1. The van der Waals surface area contributed by atoms with Gasteiger partial charge in [-0.15, -0.1) is 0 Å². The van der Waals surface area contributed by atoms with Gasteiger partial charge in [0.2, 0.25) is 5.88 Å². The van der Waals surface area contributed by atoms with Crippen molar-refractivity contribution < 1.29 is 19.4 Å². The number of carboxylic acids is 1. The first-order chi connectivity index (χ1) is 9.16. The van der Waals surface area contributed by atoms with E-state index < -0.39 is 11.8 Å². The number of aromatic amines is 1. The number of aromatic nitrogens is 2. The number of carbonyl (C=O) groups is 1. The molecule has 0 radical (unpaired) electrons. The summed E-state index contributed by atoms with van der Waals surface area (Å²) in [5, 5.41) is 9.40. The van der Waals surface area contributed by atoms with Crippen LogP contribution >= 0.6 is 0 Å². The average molecular weight is 262 g/mol. The molecule has 6 nitrogen and oxygen atoms in total. The molecular weight excluding hydrogens is 248 g/mol. The Morgan fingerprint density at radius 1 is 1.37 bits per heavy atom. The first kappa shape index (κ1) is 12.9. The van der Waals surface area contributed by atoms with Crippen LogP contribution in [0.3, 0.4) is 0 Å². The molecule has 2 rings (SSSR count).